The standard InChI is InChI=1S/C9H11ClN2O2/c1-7-5-8(10)3-4-9(7)11-12(6-13)14-2/h3-6,11H,1-2H3. The summed E-state index contributed by atoms with van der Waals surface area (Å²) < 4.78 is 0. The highest BCUT2D eigenvalue weighted by molar-refractivity contribution is 6.30. The Bertz CT molecular complexity index is 331. The van der Waals surface area contributed by atoms with Crippen molar-refractivity contribution in [2.45, 2.75) is 6.92 Å². The van der Waals surface area contributed by atoms with Crippen molar-refractivity contribution in [3.63, 3.8) is 0 Å². The fourth-order valence-electron chi connectivity index (χ4n) is 0.986. The molecule has 0 bridgehead atoms. The minimum Gasteiger partial charge on any atom is -0.274 e. The third-order valence-electron chi connectivity index (χ3n) is 1.71. The van der Waals surface area contributed by atoms with Crippen molar-refractivity contribution >= 4 is 23.7 Å². The lowest BCUT2D eigenvalue weighted by Crippen LogP contribution is -2.27. The molecule has 1 rings (SSSR count). The van der Waals surface area contributed by atoms with Crippen LogP contribution in [0, 0.1) is 6.92 Å². The molecular weight excluding hydrogens is 204 g/mol. The summed E-state index contributed by atoms with van der Waals surface area (Å²) in [4.78, 5) is 15.1. The first kappa shape index (κ1) is 10.8. The first-order chi connectivity index (χ1) is 6.67. The molecule has 1 aromatic carbocycles. The van der Waals surface area contributed by atoms with Gasteiger partial charge in [0.1, 0.15) is 0 Å². The normalized spacial score (nSPS) is 9.64. The SMILES string of the molecule is CON(C=O)Nc1ccc(Cl)cc1C. The van der Waals surface area contributed by atoms with Crippen molar-refractivity contribution in [2.75, 3.05) is 12.5 Å². The molecule has 0 fully saturated rings. The smallest absolute Gasteiger partial charge is 0.254 e. The lowest BCUT2D eigenvalue weighted by molar-refractivity contribution is -0.153. The van der Waals surface area contributed by atoms with Gasteiger partial charge >= 0.3 is 0 Å². The van der Waals surface area contributed by atoms with Gasteiger partial charge in [-0.15, -0.1) is 5.17 Å². The summed E-state index contributed by atoms with van der Waals surface area (Å²) in [6.45, 7) is 1.88. The highest BCUT2D eigenvalue weighted by Gasteiger charge is 2.02. The Morgan fingerprint density at radius 3 is 2.79 bits per heavy atom. The summed E-state index contributed by atoms with van der Waals surface area (Å²) in [6.07, 6.45) is 0.536. The number of nitrogens with one attached hydrogen (secondary N) is 1. The Balaban J connectivity index is 2.80. The number of benzene rings is 1. The first-order valence-corrected chi connectivity index (χ1v) is 4.36. The Labute approximate surface area is 87.3 Å². The highest BCUT2D eigenvalue weighted by Crippen LogP contribution is 2.19. The van der Waals surface area contributed by atoms with Crippen LogP contribution in [-0.4, -0.2) is 18.7 Å². The number of rotatable bonds is 4. The maximum absolute atomic E-state index is 10.4. The molecule has 4 nitrogen and oxygen atoms in total. The van der Waals surface area contributed by atoms with Crippen LogP contribution in [0.5, 0.6) is 0 Å². The van der Waals surface area contributed by atoms with E-state index in [1.807, 2.05) is 6.92 Å². The second kappa shape index (κ2) is 4.83. The lowest BCUT2D eigenvalue weighted by Gasteiger charge is -2.17. The van der Waals surface area contributed by atoms with E-state index in [1.165, 1.54) is 7.11 Å². The molecule has 0 aromatic heterocycles. The molecule has 0 spiro atoms. The van der Waals surface area contributed by atoms with Crippen LogP contribution in [0.25, 0.3) is 0 Å². The number of hydrazine groups is 1. The third-order valence-corrected chi connectivity index (χ3v) is 1.95. The van der Waals surface area contributed by atoms with Gasteiger partial charge in [-0.1, -0.05) is 11.6 Å². The number of halogens is 1. The zero-order valence-corrected chi connectivity index (χ0v) is 8.71. The Morgan fingerprint density at radius 2 is 2.29 bits per heavy atom. The number of hydrogen-bond acceptors (Lipinski definition) is 3. The van der Waals surface area contributed by atoms with Gasteiger partial charge in [-0.3, -0.25) is 15.1 Å². The quantitative estimate of drug-likeness (QED) is 0.616. The minimum absolute atomic E-state index is 0.536. The van der Waals surface area contributed by atoms with E-state index >= 15 is 0 Å². The van der Waals surface area contributed by atoms with Crippen LogP contribution in [-0.2, 0) is 9.63 Å². The van der Waals surface area contributed by atoms with Gasteiger partial charge in [0.15, 0.2) is 0 Å². The fourth-order valence-corrected chi connectivity index (χ4v) is 1.21. The van der Waals surface area contributed by atoms with Gasteiger partial charge in [0.05, 0.1) is 12.8 Å². The molecule has 0 saturated carbocycles. The third kappa shape index (κ3) is 2.61. The number of carbonyl (C=O) groups excluding carboxylic acids is 1. The van der Waals surface area contributed by atoms with E-state index in [9.17, 15) is 4.79 Å². The summed E-state index contributed by atoms with van der Waals surface area (Å²) in [5.41, 5.74) is 4.46. The predicted octanol–water partition coefficient (Wildman–Crippen LogP) is 2.00. The Morgan fingerprint density at radius 1 is 1.57 bits per heavy atom. The zero-order valence-electron chi connectivity index (χ0n) is 7.95. The number of aryl methyl sites for hydroxylation is 1. The average Bonchev–Trinajstić information content (AvgIpc) is 2.17. The van der Waals surface area contributed by atoms with E-state index in [4.69, 9.17) is 16.4 Å². The molecule has 14 heavy (non-hydrogen) atoms. The summed E-state index contributed by atoms with van der Waals surface area (Å²) >= 11 is 5.78. The van der Waals surface area contributed by atoms with Crippen LogP contribution in [0.1, 0.15) is 5.56 Å². The molecule has 0 aliphatic heterocycles. The molecule has 1 aromatic rings. The van der Waals surface area contributed by atoms with Crippen LogP contribution < -0.4 is 5.43 Å². The van der Waals surface area contributed by atoms with E-state index in [-0.39, 0.29) is 0 Å². The van der Waals surface area contributed by atoms with E-state index in [0.29, 0.717) is 11.4 Å². The van der Waals surface area contributed by atoms with Gasteiger partial charge in [-0.2, -0.15) is 0 Å². The summed E-state index contributed by atoms with van der Waals surface area (Å²) in [5.74, 6) is 0. The summed E-state index contributed by atoms with van der Waals surface area (Å²) in [7, 11) is 1.40. The largest absolute Gasteiger partial charge is 0.274 e. The number of nitrogens with zero attached hydrogens (tertiary/aromatic N) is 1. The van der Waals surface area contributed by atoms with Crippen molar-refractivity contribution in [3.8, 4) is 0 Å². The molecule has 1 N–H and O–H groups in total. The van der Waals surface area contributed by atoms with Gasteiger partial charge in [-0.05, 0) is 30.7 Å². The first-order valence-electron chi connectivity index (χ1n) is 3.99. The van der Waals surface area contributed by atoms with Crippen molar-refractivity contribution < 1.29 is 9.63 Å². The molecule has 0 radical (unpaired) electrons. The van der Waals surface area contributed by atoms with Gasteiger partial charge in [-0.25, -0.2) is 0 Å². The maximum atomic E-state index is 10.4. The van der Waals surface area contributed by atoms with E-state index < -0.39 is 0 Å². The van der Waals surface area contributed by atoms with Crippen LogP contribution in [0.4, 0.5) is 5.69 Å². The number of anilines is 1. The van der Waals surface area contributed by atoms with Crippen LogP contribution in [0.15, 0.2) is 18.2 Å². The summed E-state index contributed by atoms with van der Waals surface area (Å²) in [5, 5.41) is 1.62. The van der Waals surface area contributed by atoms with Gasteiger partial charge in [0, 0.05) is 5.02 Å². The second-order valence-electron chi connectivity index (χ2n) is 2.68. The minimum atomic E-state index is 0.536. The number of hydrogen-bond donors (Lipinski definition) is 1. The van der Waals surface area contributed by atoms with Gasteiger partial charge < -0.3 is 0 Å². The molecular formula is C9H11ClN2O2. The molecule has 0 aliphatic rings. The van der Waals surface area contributed by atoms with Crippen LogP contribution in [0.3, 0.4) is 0 Å². The molecule has 0 atom stereocenters. The van der Waals surface area contributed by atoms with Crippen LogP contribution in [0.2, 0.25) is 5.02 Å². The predicted molar refractivity (Wildman–Crippen MR) is 54.7 cm³/mol. The lowest BCUT2D eigenvalue weighted by atomic mass is 10.2. The van der Waals surface area contributed by atoms with Crippen molar-refractivity contribution in [2.24, 2.45) is 0 Å². The highest BCUT2D eigenvalue weighted by atomic mass is 35.5. The van der Waals surface area contributed by atoms with Crippen molar-refractivity contribution in [1.82, 2.24) is 5.17 Å². The molecule has 0 heterocycles. The number of hydroxylamine groups is 1. The summed E-state index contributed by atoms with van der Waals surface area (Å²) in [6, 6.07) is 5.30. The molecule has 0 unspecified atom stereocenters. The fraction of sp³-hybridized carbons (Fsp3) is 0.222. The zero-order chi connectivity index (χ0) is 10.6. The maximum Gasteiger partial charge on any atom is 0.254 e. The van der Waals surface area contributed by atoms with E-state index in [2.05, 4.69) is 5.43 Å². The van der Waals surface area contributed by atoms with E-state index in [1.54, 1.807) is 18.2 Å². The van der Waals surface area contributed by atoms with Crippen molar-refractivity contribution in [3.05, 3.63) is 28.8 Å². The molecule has 5 heteroatoms. The van der Waals surface area contributed by atoms with Crippen LogP contribution >= 0.6 is 11.6 Å². The molecule has 1 amide bonds. The monoisotopic (exact) mass is 214 g/mol. The van der Waals surface area contributed by atoms with Crippen molar-refractivity contribution in [1.29, 1.82) is 0 Å². The Kier molecular flexibility index (Phi) is 3.73. The average molecular weight is 215 g/mol. The van der Waals surface area contributed by atoms with Gasteiger partial charge in [0.2, 0.25) is 0 Å². The molecule has 76 valence electrons. The second-order valence-corrected chi connectivity index (χ2v) is 3.12. The number of amides is 1. The van der Waals surface area contributed by atoms with E-state index in [0.717, 1.165) is 16.4 Å². The topological polar surface area (TPSA) is 41.6 Å². The van der Waals surface area contributed by atoms with Gasteiger partial charge in [0.25, 0.3) is 6.41 Å². The Hall–Kier alpha value is -1.26. The molecule has 0 saturated heterocycles. The number of carbonyl (C=O) groups is 1. The molecule has 0 aliphatic carbocycles.